The van der Waals surface area contributed by atoms with E-state index in [1.807, 2.05) is 0 Å². The monoisotopic (exact) mass is 560 g/mol. The largest absolute Gasteiger partial charge is 0.508 e. The predicted molar refractivity (Wildman–Crippen MR) is 141 cm³/mol. The molecule has 0 saturated heterocycles. The number of fused-ring (bicyclic) bond motifs is 1. The molecule has 0 aromatic heterocycles. The fourth-order valence-electron chi connectivity index (χ4n) is 5.56. The van der Waals surface area contributed by atoms with Crippen molar-refractivity contribution in [3.63, 3.8) is 0 Å². The predicted octanol–water partition coefficient (Wildman–Crippen LogP) is 3.83. The maximum Gasteiger partial charge on any atom is 0.316 e. The molecule has 4 unspecified atom stereocenters. The summed E-state index contributed by atoms with van der Waals surface area (Å²) in [4.78, 5) is 26.9. The number of carboxylic acid groups (broad SMARTS) is 1. The first-order valence-corrected chi connectivity index (χ1v) is 12.3. The highest BCUT2D eigenvalue weighted by Crippen LogP contribution is 2.55. The van der Waals surface area contributed by atoms with E-state index < -0.39 is 64.4 Å². The standard InChI is InChI=1S/C30H24O11/c31-15-5-1-13(2-6-15)23(25-19(35)9-17(33)10-20(25)36)27(29(38)39)28-24(14-3-7-16(32)8-4-14)26-21(37)11-18(34)12-22(26)41-30(28)40/h1-12,23-24,27-28,31-37H,(H,38,39). The molecule has 0 amide bonds. The first-order valence-electron chi connectivity index (χ1n) is 12.3. The molecule has 8 N–H and O–H groups in total. The summed E-state index contributed by atoms with van der Waals surface area (Å²) in [5.41, 5.74) is 0.151. The maximum absolute atomic E-state index is 13.7. The molecule has 0 saturated carbocycles. The van der Waals surface area contributed by atoms with Crippen molar-refractivity contribution in [1.29, 1.82) is 0 Å². The molecule has 0 bridgehead atoms. The van der Waals surface area contributed by atoms with Crippen molar-refractivity contribution in [2.75, 3.05) is 0 Å². The van der Waals surface area contributed by atoms with E-state index >= 15 is 0 Å². The average Bonchev–Trinajstić information content (AvgIpc) is 2.88. The third-order valence-corrected chi connectivity index (χ3v) is 7.23. The van der Waals surface area contributed by atoms with Gasteiger partial charge in [-0.1, -0.05) is 24.3 Å². The Morgan fingerprint density at radius 1 is 0.683 bits per heavy atom. The number of carboxylic acids is 1. The van der Waals surface area contributed by atoms with Gasteiger partial charge in [-0.2, -0.15) is 0 Å². The van der Waals surface area contributed by atoms with Gasteiger partial charge in [0.25, 0.3) is 0 Å². The maximum atomic E-state index is 13.7. The number of ether oxygens (including phenoxy) is 1. The molecule has 11 heteroatoms. The van der Waals surface area contributed by atoms with Crippen molar-refractivity contribution in [3.05, 3.63) is 95.1 Å². The second-order valence-corrected chi connectivity index (χ2v) is 9.72. The van der Waals surface area contributed by atoms with Crippen LogP contribution in [0.2, 0.25) is 0 Å². The molecule has 1 heterocycles. The van der Waals surface area contributed by atoms with Gasteiger partial charge in [0.15, 0.2) is 0 Å². The second-order valence-electron chi connectivity index (χ2n) is 9.72. The van der Waals surface area contributed by atoms with Crippen molar-refractivity contribution in [3.8, 4) is 46.0 Å². The summed E-state index contributed by atoms with van der Waals surface area (Å²) >= 11 is 0. The Kier molecular flexibility index (Phi) is 6.71. The SMILES string of the molecule is O=C(O)C(C(c1ccc(O)cc1)c1c(O)cc(O)cc1O)C1C(=O)Oc2cc(O)cc(O)c2C1c1ccc(O)cc1. The van der Waals surface area contributed by atoms with Gasteiger partial charge in [-0.25, -0.2) is 0 Å². The molecule has 4 atom stereocenters. The van der Waals surface area contributed by atoms with Crippen LogP contribution in [0, 0.1) is 11.8 Å². The lowest BCUT2D eigenvalue weighted by Crippen LogP contribution is -2.43. The molecule has 4 aromatic rings. The lowest BCUT2D eigenvalue weighted by atomic mass is 9.65. The minimum absolute atomic E-state index is 0.00653. The van der Waals surface area contributed by atoms with Crippen LogP contribution in [0.4, 0.5) is 0 Å². The molecule has 4 aromatic carbocycles. The minimum Gasteiger partial charge on any atom is -0.508 e. The van der Waals surface area contributed by atoms with Gasteiger partial charge in [-0.05, 0) is 35.4 Å². The molecule has 5 rings (SSSR count). The van der Waals surface area contributed by atoms with E-state index in [-0.39, 0.29) is 33.9 Å². The number of hydrogen-bond acceptors (Lipinski definition) is 10. The van der Waals surface area contributed by atoms with Crippen LogP contribution in [0.5, 0.6) is 46.0 Å². The van der Waals surface area contributed by atoms with Crippen LogP contribution in [-0.2, 0) is 9.59 Å². The number of rotatable bonds is 6. The highest BCUT2D eigenvalue weighted by molar-refractivity contribution is 5.88. The summed E-state index contributed by atoms with van der Waals surface area (Å²) < 4.78 is 5.46. The third-order valence-electron chi connectivity index (χ3n) is 7.23. The van der Waals surface area contributed by atoms with Crippen molar-refractivity contribution < 1.29 is 55.2 Å². The van der Waals surface area contributed by atoms with Crippen molar-refractivity contribution in [2.45, 2.75) is 11.8 Å². The number of hydrogen-bond donors (Lipinski definition) is 8. The number of carbonyl (C=O) groups excluding carboxylic acids is 1. The number of benzene rings is 4. The molecule has 1 aliphatic rings. The quantitative estimate of drug-likeness (QED) is 0.126. The lowest BCUT2D eigenvalue weighted by molar-refractivity contribution is -0.154. The molecule has 0 fully saturated rings. The Bertz CT molecular complexity index is 1620. The number of phenols is 7. The zero-order chi connectivity index (χ0) is 29.6. The number of carbonyl (C=O) groups is 2. The summed E-state index contributed by atoms with van der Waals surface area (Å²) in [5, 5.41) is 82.9. The normalized spacial score (nSPS) is 17.7. The van der Waals surface area contributed by atoms with Crippen molar-refractivity contribution in [2.24, 2.45) is 11.8 Å². The zero-order valence-corrected chi connectivity index (χ0v) is 21.0. The molecule has 11 nitrogen and oxygen atoms in total. The highest BCUT2D eigenvalue weighted by Gasteiger charge is 2.52. The van der Waals surface area contributed by atoms with E-state index in [9.17, 15) is 50.4 Å². The Morgan fingerprint density at radius 2 is 1.20 bits per heavy atom. The minimum atomic E-state index is -1.80. The Morgan fingerprint density at radius 3 is 1.76 bits per heavy atom. The lowest BCUT2D eigenvalue weighted by Gasteiger charge is -2.39. The first-order chi connectivity index (χ1) is 19.5. The fourth-order valence-corrected chi connectivity index (χ4v) is 5.56. The summed E-state index contributed by atoms with van der Waals surface area (Å²) in [7, 11) is 0. The molecular formula is C30H24O11. The van der Waals surface area contributed by atoms with Crippen LogP contribution in [-0.4, -0.2) is 52.8 Å². The van der Waals surface area contributed by atoms with Crippen LogP contribution in [0.1, 0.15) is 34.1 Å². The van der Waals surface area contributed by atoms with Gasteiger partial charge >= 0.3 is 11.9 Å². The molecule has 41 heavy (non-hydrogen) atoms. The molecule has 1 aliphatic heterocycles. The molecular weight excluding hydrogens is 536 g/mol. The van der Waals surface area contributed by atoms with Gasteiger partial charge in [0.2, 0.25) is 0 Å². The molecule has 0 radical (unpaired) electrons. The summed E-state index contributed by atoms with van der Waals surface area (Å²) in [6.07, 6.45) is 0. The molecule has 210 valence electrons. The van der Waals surface area contributed by atoms with Gasteiger partial charge < -0.3 is 45.6 Å². The summed E-state index contributed by atoms with van der Waals surface area (Å²) in [6.45, 7) is 0. The summed E-state index contributed by atoms with van der Waals surface area (Å²) in [5.74, 6) is -11.9. The zero-order valence-electron chi connectivity index (χ0n) is 21.0. The first kappa shape index (κ1) is 27.0. The van der Waals surface area contributed by atoms with Crippen LogP contribution in [0.3, 0.4) is 0 Å². The van der Waals surface area contributed by atoms with Crippen molar-refractivity contribution in [1.82, 2.24) is 0 Å². The molecule has 0 aliphatic carbocycles. The van der Waals surface area contributed by atoms with Gasteiger partial charge in [-0.15, -0.1) is 0 Å². The number of aromatic hydroxyl groups is 7. The smallest absolute Gasteiger partial charge is 0.316 e. The second kappa shape index (κ2) is 10.2. The van der Waals surface area contributed by atoms with E-state index in [1.165, 1.54) is 48.5 Å². The Labute approximate surface area is 232 Å². The van der Waals surface area contributed by atoms with Crippen molar-refractivity contribution >= 4 is 11.9 Å². The third kappa shape index (κ3) is 4.84. The van der Waals surface area contributed by atoms with E-state index in [1.54, 1.807) is 0 Å². The van der Waals surface area contributed by atoms with Crippen LogP contribution >= 0.6 is 0 Å². The number of aliphatic carboxylic acids is 1. The topological polar surface area (TPSA) is 205 Å². The molecule has 0 spiro atoms. The van der Waals surface area contributed by atoms with Crippen LogP contribution in [0.15, 0.2) is 72.8 Å². The van der Waals surface area contributed by atoms with E-state index in [4.69, 9.17) is 4.74 Å². The Balaban J connectivity index is 1.81. The van der Waals surface area contributed by atoms with Gasteiger partial charge in [0, 0.05) is 47.2 Å². The number of esters is 1. The van der Waals surface area contributed by atoms with Crippen LogP contribution < -0.4 is 4.74 Å². The fraction of sp³-hybridized carbons (Fsp3) is 0.133. The average molecular weight is 561 g/mol. The van der Waals surface area contributed by atoms with E-state index in [0.29, 0.717) is 5.56 Å². The van der Waals surface area contributed by atoms with Gasteiger partial charge in [0.1, 0.15) is 46.0 Å². The number of phenolic OH excluding ortho intramolecular Hbond substituents is 7. The van der Waals surface area contributed by atoms with Crippen LogP contribution in [0.25, 0.3) is 0 Å². The van der Waals surface area contributed by atoms with E-state index in [2.05, 4.69) is 0 Å². The highest BCUT2D eigenvalue weighted by atomic mass is 16.5. The van der Waals surface area contributed by atoms with E-state index in [0.717, 1.165) is 24.3 Å². The van der Waals surface area contributed by atoms with Gasteiger partial charge in [-0.3, -0.25) is 9.59 Å². The Hall–Kier alpha value is -5.58. The van der Waals surface area contributed by atoms with Gasteiger partial charge in [0.05, 0.1) is 11.8 Å². The summed E-state index contributed by atoms with van der Waals surface area (Å²) in [6, 6.07) is 14.6.